The number of aliphatic hydroxyl groups is 1. The Morgan fingerprint density at radius 2 is 1.59 bits per heavy atom. The first-order chi connectivity index (χ1) is 16.1. The van der Waals surface area contributed by atoms with Gasteiger partial charge in [-0.3, -0.25) is 14.4 Å². The van der Waals surface area contributed by atoms with Gasteiger partial charge in [-0.2, -0.15) is 24.9 Å². The fourth-order valence-corrected chi connectivity index (χ4v) is 4.18. The maximum Gasteiger partial charge on any atom is 0.450 e. The Labute approximate surface area is 200 Å². The van der Waals surface area contributed by atoms with Crippen LogP contribution in [0.4, 0.5) is 13.2 Å². The molecule has 0 saturated carbocycles. The summed E-state index contributed by atoms with van der Waals surface area (Å²) in [5.41, 5.74) is 6.86. The molecule has 6 nitrogen and oxygen atoms in total. The lowest BCUT2D eigenvalue weighted by molar-refractivity contribution is -0.167. The predicted molar refractivity (Wildman–Crippen MR) is 124 cm³/mol. The number of primary amides is 1. The highest BCUT2D eigenvalue weighted by Crippen LogP contribution is 2.21. The molecule has 2 amide bonds. The number of halogens is 3. The van der Waals surface area contributed by atoms with Crippen molar-refractivity contribution in [2.45, 2.75) is 37.6 Å². The minimum atomic E-state index is -4.88. The Morgan fingerprint density at radius 3 is 2.15 bits per heavy atom. The van der Waals surface area contributed by atoms with Gasteiger partial charge in [-0.25, -0.2) is 0 Å². The summed E-state index contributed by atoms with van der Waals surface area (Å²) in [7, 11) is 0. The lowest BCUT2D eigenvalue weighted by atomic mass is 10.0. The molecule has 10 heteroatoms. The minimum absolute atomic E-state index is 0.0129. The monoisotopic (exact) mass is 496 g/mol. The minimum Gasteiger partial charge on any atom is -0.387 e. The van der Waals surface area contributed by atoms with Gasteiger partial charge in [-0.05, 0) is 29.7 Å². The number of Topliss-reactive ketones (excluding diaryl/α,β-unsaturated/α-hetero) is 1. The van der Waals surface area contributed by atoms with Crippen molar-refractivity contribution < 1.29 is 32.7 Å². The number of hydrogen-bond acceptors (Lipinski definition) is 5. The summed E-state index contributed by atoms with van der Waals surface area (Å²) in [4.78, 5) is 37.6. The molecule has 34 heavy (non-hydrogen) atoms. The molecule has 2 aromatic rings. The van der Waals surface area contributed by atoms with E-state index in [0.717, 1.165) is 17.3 Å². The molecule has 0 bridgehead atoms. The van der Waals surface area contributed by atoms with Crippen molar-refractivity contribution in [2.75, 3.05) is 18.1 Å². The maximum atomic E-state index is 13.1. The molecule has 2 aromatic carbocycles. The van der Waals surface area contributed by atoms with E-state index in [0.29, 0.717) is 5.56 Å². The summed E-state index contributed by atoms with van der Waals surface area (Å²) in [6, 6.07) is 16.5. The number of aliphatic hydroxyl groups excluding tert-OH is 1. The van der Waals surface area contributed by atoms with Gasteiger partial charge in [0, 0.05) is 0 Å². The summed E-state index contributed by atoms with van der Waals surface area (Å²) in [5, 5.41) is 10.7. The van der Waals surface area contributed by atoms with Crippen molar-refractivity contribution in [2.24, 2.45) is 5.73 Å². The van der Waals surface area contributed by atoms with Crippen LogP contribution in [0.5, 0.6) is 0 Å². The van der Waals surface area contributed by atoms with E-state index in [1.54, 1.807) is 60.7 Å². The fraction of sp³-hybridized carbons (Fsp3) is 0.375. The van der Waals surface area contributed by atoms with E-state index in [2.05, 4.69) is 0 Å². The standard InChI is InChI=1S/C24H27F3N2O4S/c25-24(26,27)21(31)16-34-13-7-12-19(23(28)33)29(15-20(30)18-10-5-2-6-11-18)22(32)14-17-8-3-1-4-9-17/h1-6,8-11,19-20,30H,7,12-16H2,(H2,28,33)/t19-,20?/m0/s1. The molecular weight excluding hydrogens is 469 g/mol. The Morgan fingerprint density at radius 1 is 1.00 bits per heavy atom. The Kier molecular flexibility index (Phi) is 10.6. The largest absolute Gasteiger partial charge is 0.450 e. The van der Waals surface area contributed by atoms with Crippen molar-refractivity contribution in [1.82, 2.24) is 4.90 Å². The number of carbonyl (C=O) groups excluding carboxylic acids is 3. The van der Waals surface area contributed by atoms with E-state index in [1.165, 1.54) is 4.90 Å². The van der Waals surface area contributed by atoms with Gasteiger partial charge in [-0.1, -0.05) is 60.7 Å². The second-order valence-corrected chi connectivity index (χ2v) is 8.77. The van der Waals surface area contributed by atoms with Crippen molar-refractivity contribution >= 4 is 29.4 Å². The normalized spacial score (nSPS) is 13.2. The average molecular weight is 497 g/mol. The number of alkyl halides is 3. The number of benzene rings is 2. The zero-order valence-corrected chi connectivity index (χ0v) is 19.2. The third-order valence-electron chi connectivity index (χ3n) is 5.09. The number of nitrogens with two attached hydrogens (primary N) is 1. The first kappa shape index (κ1) is 27.4. The number of carbonyl (C=O) groups is 3. The highest BCUT2D eigenvalue weighted by Gasteiger charge is 2.37. The van der Waals surface area contributed by atoms with E-state index in [1.807, 2.05) is 0 Å². The number of thioether (sulfide) groups is 1. The molecule has 1 unspecified atom stereocenters. The predicted octanol–water partition coefficient (Wildman–Crippen LogP) is 3.29. The van der Waals surface area contributed by atoms with E-state index in [-0.39, 0.29) is 31.6 Å². The second kappa shape index (κ2) is 13.1. The lowest BCUT2D eigenvalue weighted by Crippen LogP contribution is -2.50. The summed E-state index contributed by atoms with van der Waals surface area (Å²) in [5.74, 6) is -3.56. The third kappa shape index (κ3) is 8.83. The van der Waals surface area contributed by atoms with Crippen LogP contribution in [0, 0.1) is 0 Å². The van der Waals surface area contributed by atoms with Crippen molar-refractivity contribution in [1.29, 1.82) is 0 Å². The van der Waals surface area contributed by atoms with Crippen LogP contribution >= 0.6 is 11.8 Å². The van der Waals surface area contributed by atoms with Crippen LogP contribution < -0.4 is 5.73 Å². The van der Waals surface area contributed by atoms with Gasteiger partial charge in [-0.15, -0.1) is 0 Å². The zero-order valence-electron chi connectivity index (χ0n) is 18.4. The Balaban J connectivity index is 2.10. The molecule has 184 valence electrons. The smallest absolute Gasteiger partial charge is 0.387 e. The third-order valence-corrected chi connectivity index (χ3v) is 6.14. The molecule has 0 aliphatic rings. The molecule has 0 aromatic heterocycles. The Bertz CT molecular complexity index is 942. The van der Waals surface area contributed by atoms with E-state index < -0.39 is 41.7 Å². The first-order valence-electron chi connectivity index (χ1n) is 10.6. The topological polar surface area (TPSA) is 101 Å². The molecule has 2 rings (SSSR count). The van der Waals surface area contributed by atoms with Gasteiger partial charge in [0.05, 0.1) is 24.8 Å². The van der Waals surface area contributed by atoms with Gasteiger partial charge >= 0.3 is 6.18 Å². The van der Waals surface area contributed by atoms with Gasteiger partial charge in [0.2, 0.25) is 17.6 Å². The average Bonchev–Trinajstić information content (AvgIpc) is 2.80. The highest BCUT2D eigenvalue weighted by molar-refractivity contribution is 7.99. The first-order valence-corrected chi connectivity index (χ1v) is 11.8. The quantitative estimate of drug-likeness (QED) is 0.415. The highest BCUT2D eigenvalue weighted by atomic mass is 32.2. The van der Waals surface area contributed by atoms with Gasteiger partial charge in [0.15, 0.2) is 0 Å². The lowest BCUT2D eigenvalue weighted by Gasteiger charge is -2.32. The van der Waals surface area contributed by atoms with Gasteiger partial charge in [0.1, 0.15) is 6.04 Å². The number of amides is 2. The van der Waals surface area contributed by atoms with Crippen LogP contribution in [-0.2, 0) is 20.8 Å². The summed E-state index contributed by atoms with van der Waals surface area (Å²) >= 11 is 0.801. The molecular formula is C24H27F3N2O4S. The van der Waals surface area contributed by atoms with E-state index in [9.17, 15) is 32.7 Å². The Hall–Kier alpha value is -2.85. The second-order valence-electron chi connectivity index (χ2n) is 7.67. The van der Waals surface area contributed by atoms with Crippen LogP contribution in [0.15, 0.2) is 60.7 Å². The SMILES string of the molecule is NC(=O)[C@H](CCCSCC(=O)C(F)(F)F)N(CC(O)c1ccccc1)C(=O)Cc1ccccc1. The van der Waals surface area contributed by atoms with Crippen LogP contribution in [0.25, 0.3) is 0 Å². The van der Waals surface area contributed by atoms with Crippen LogP contribution in [0.3, 0.4) is 0 Å². The summed E-state index contributed by atoms with van der Waals surface area (Å²) in [6.07, 6.45) is -5.62. The van der Waals surface area contributed by atoms with Crippen molar-refractivity contribution in [3.63, 3.8) is 0 Å². The molecule has 0 spiro atoms. The number of hydrogen-bond donors (Lipinski definition) is 2. The molecule has 3 N–H and O–H groups in total. The van der Waals surface area contributed by atoms with Gasteiger partial charge in [0.25, 0.3) is 0 Å². The van der Waals surface area contributed by atoms with Crippen LogP contribution in [-0.4, -0.2) is 57.9 Å². The molecule has 2 atom stereocenters. The maximum absolute atomic E-state index is 13.1. The molecule has 0 saturated heterocycles. The molecule has 0 radical (unpaired) electrons. The number of rotatable bonds is 13. The molecule has 0 aliphatic heterocycles. The number of nitrogens with zero attached hydrogens (tertiary/aromatic N) is 1. The van der Waals surface area contributed by atoms with Crippen molar-refractivity contribution in [3.05, 3.63) is 71.8 Å². The van der Waals surface area contributed by atoms with Crippen LogP contribution in [0.1, 0.15) is 30.1 Å². The van der Waals surface area contributed by atoms with Gasteiger partial charge < -0.3 is 15.7 Å². The summed E-state index contributed by atoms with van der Waals surface area (Å²) in [6.45, 7) is -0.178. The van der Waals surface area contributed by atoms with Crippen LogP contribution in [0.2, 0.25) is 0 Å². The summed E-state index contributed by atoms with van der Waals surface area (Å²) < 4.78 is 37.0. The molecule has 0 heterocycles. The number of ketones is 1. The molecule has 0 aliphatic carbocycles. The molecule has 0 fully saturated rings. The van der Waals surface area contributed by atoms with E-state index in [4.69, 9.17) is 5.73 Å². The fourth-order valence-electron chi connectivity index (χ4n) is 3.32. The van der Waals surface area contributed by atoms with Crippen molar-refractivity contribution in [3.8, 4) is 0 Å². The zero-order chi connectivity index (χ0) is 25.1. The van der Waals surface area contributed by atoms with E-state index >= 15 is 0 Å².